The first-order valence-corrected chi connectivity index (χ1v) is 6.99. The van der Waals surface area contributed by atoms with Crippen molar-refractivity contribution in [2.75, 3.05) is 26.2 Å². The number of rotatable bonds is 4. The van der Waals surface area contributed by atoms with E-state index in [0.29, 0.717) is 23.0 Å². The summed E-state index contributed by atoms with van der Waals surface area (Å²) in [6.07, 6.45) is 1.00. The van der Waals surface area contributed by atoms with Crippen molar-refractivity contribution in [1.82, 2.24) is 10.2 Å². The van der Waals surface area contributed by atoms with Gasteiger partial charge in [0.2, 0.25) is 5.91 Å². The monoisotopic (exact) mass is 295 g/mol. The average Bonchev–Trinajstić information content (AvgIpc) is 2.86. The molecule has 1 aromatic carbocycles. The molecule has 1 fully saturated rings. The van der Waals surface area contributed by atoms with Crippen LogP contribution >= 0.6 is 11.6 Å². The summed E-state index contributed by atoms with van der Waals surface area (Å²) in [5.74, 6) is -0.329. The van der Waals surface area contributed by atoms with Gasteiger partial charge in [0.15, 0.2) is 0 Å². The predicted molar refractivity (Wildman–Crippen MR) is 77.5 cm³/mol. The summed E-state index contributed by atoms with van der Waals surface area (Å²) in [5, 5.41) is 2.70. The third-order valence-electron chi connectivity index (χ3n) is 3.44. The number of carbonyl (C=O) groups is 2. The maximum absolute atomic E-state index is 11.9. The zero-order valence-corrected chi connectivity index (χ0v) is 11.9. The molecule has 0 spiro atoms. The van der Waals surface area contributed by atoms with Gasteiger partial charge in [-0.15, -0.1) is 0 Å². The first-order valence-electron chi connectivity index (χ1n) is 6.61. The highest BCUT2D eigenvalue weighted by molar-refractivity contribution is 6.34. The Hall–Kier alpha value is -1.43. The summed E-state index contributed by atoms with van der Waals surface area (Å²) in [5.41, 5.74) is 5.91. The number of carbonyl (C=O) groups excluding carboxylic acids is 2. The van der Waals surface area contributed by atoms with Crippen LogP contribution < -0.4 is 11.1 Å². The Balaban J connectivity index is 1.86. The molecule has 0 aromatic heterocycles. The number of nitrogens with zero attached hydrogens (tertiary/aromatic N) is 1. The molecule has 0 bridgehead atoms. The molecule has 0 saturated carbocycles. The van der Waals surface area contributed by atoms with Crippen LogP contribution in [0.25, 0.3) is 0 Å². The van der Waals surface area contributed by atoms with Gasteiger partial charge in [0.25, 0.3) is 5.91 Å². The van der Waals surface area contributed by atoms with Crippen LogP contribution in [0.4, 0.5) is 0 Å². The van der Waals surface area contributed by atoms with Gasteiger partial charge < -0.3 is 5.73 Å². The van der Waals surface area contributed by atoms with E-state index in [9.17, 15) is 9.59 Å². The number of hydrogen-bond acceptors (Lipinski definition) is 4. The highest BCUT2D eigenvalue weighted by Gasteiger charge is 2.23. The van der Waals surface area contributed by atoms with E-state index in [1.165, 1.54) is 0 Å². The summed E-state index contributed by atoms with van der Waals surface area (Å²) in [7, 11) is 0. The summed E-state index contributed by atoms with van der Waals surface area (Å²) >= 11 is 5.91. The number of likely N-dealkylation sites (tertiary alicyclic amines) is 1. The first kappa shape index (κ1) is 15.0. The van der Waals surface area contributed by atoms with Gasteiger partial charge in [-0.25, -0.2) is 0 Å². The largest absolute Gasteiger partial charge is 0.330 e. The van der Waals surface area contributed by atoms with Crippen molar-refractivity contribution in [3.05, 3.63) is 34.9 Å². The molecule has 0 aliphatic carbocycles. The number of halogens is 1. The lowest BCUT2D eigenvalue weighted by atomic mass is 10.1. The van der Waals surface area contributed by atoms with Crippen LogP contribution in [0.5, 0.6) is 0 Å². The molecule has 1 saturated heterocycles. The Morgan fingerprint density at radius 1 is 1.40 bits per heavy atom. The Morgan fingerprint density at radius 2 is 2.15 bits per heavy atom. The van der Waals surface area contributed by atoms with Gasteiger partial charge in [-0.2, -0.15) is 0 Å². The van der Waals surface area contributed by atoms with E-state index in [0.717, 1.165) is 19.5 Å². The Morgan fingerprint density at radius 3 is 2.80 bits per heavy atom. The van der Waals surface area contributed by atoms with E-state index >= 15 is 0 Å². The molecule has 108 valence electrons. The minimum atomic E-state index is -0.463. The van der Waals surface area contributed by atoms with E-state index in [-0.39, 0.29) is 12.5 Å². The van der Waals surface area contributed by atoms with Gasteiger partial charge >= 0.3 is 0 Å². The van der Waals surface area contributed by atoms with Gasteiger partial charge in [-0.05, 0) is 37.6 Å². The van der Waals surface area contributed by atoms with Gasteiger partial charge in [0, 0.05) is 6.54 Å². The molecule has 0 radical (unpaired) electrons. The second-order valence-corrected chi connectivity index (χ2v) is 5.39. The van der Waals surface area contributed by atoms with E-state index in [2.05, 4.69) is 5.32 Å². The van der Waals surface area contributed by atoms with Crippen LogP contribution in [0.2, 0.25) is 5.02 Å². The highest BCUT2D eigenvalue weighted by atomic mass is 35.5. The molecule has 6 heteroatoms. The van der Waals surface area contributed by atoms with Gasteiger partial charge in [-0.1, -0.05) is 23.7 Å². The van der Waals surface area contributed by atoms with Gasteiger partial charge in [0.1, 0.15) is 0 Å². The Labute approximate surface area is 123 Å². The molecule has 2 amide bonds. The third-order valence-corrected chi connectivity index (χ3v) is 3.77. The summed E-state index contributed by atoms with van der Waals surface area (Å²) in [6, 6.07) is 6.65. The molecule has 3 N–H and O–H groups in total. The smallest absolute Gasteiger partial charge is 0.259 e. The maximum atomic E-state index is 11.9. The zero-order chi connectivity index (χ0) is 14.5. The molecule has 1 aliphatic heterocycles. The normalized spacial score (nSPS) is 19.0. The van der Waals surface area contributed by atoms with Crippen LogP contribution in [0.3, 0.4) is 0 Å². The van der Waals surface area contributed by atoms with E-state index in [4.69, 9.17) is 17.3 Å². The third kappa shape index (κ3) is 3.79. The average molecular weight is 296 g/mol. The number of hydrogen-bond donors (Lipinski definition) is 2. The second-order valence-electron chi connectivity index (χ2n) is 4.98. The zero-order valence-electron chi connectivity index (χ0n) is 11.1. The van der Waals surface area contributed by atoms with Crippen molar-refractivity contribution in [3.63, 3.8) is 0 Å². The van der Waals surface area contributed by atoms with Crippen molar-refractivity contribution >= 4 is 23.4 Å². The van der Waals surface area contributed by atoms with E-state index < -0.39 is 5.91 Å². The molecular weight excluding hydrogens is 278 g/mol. The van der Waals surface area contributed by atoms with Crippen LogP contribution in [-0.4, -0.2) is 42.9 Å². The Bertz CT molecular complexity index is 507. The fourth-order valence-corrected chi connectivity index (χ4v) is 2.55. The van der Waals surface area contributed by atoms with Crippen molar-refractivity contribution in [1.29, 1.82) is 0 Å². The van der Waals surface area contributed by atoms with Gasteiger partial charge in [0.05, 0.1) is 17.1 Å². The van der Waals surface area contributed by atoms with Crippen LogP contribution in [0.1, 0.15) is 16.8 Å². The molecule has 5 nitrogen and oxygen atoms in total. The molecule has 1 unspecified atom stereocenters. The number of nitrogens with one attached hydrogen (secondary N) is 1. The Kier molecular flexibility index (Phi) is 5.11. The fraction of sp³-hybridized carbons (Fsp3) is 0.429. The molecule has 1 aromatic rings. The summed E-state index contributed by atoms with van der Waals surface area (Å²) in [4.78, 5) is 25.8. The molecule has 2 rings (SSSR count). The van der Waals surface area contributed by atoms with Crippen molar-refractivity contribution in [2.45, 2.75) is 6.42 Å². The molecule has 1 atom stereocenters. The SMILES string of the molecule is NCC1CCN(CC(=O)NC(=O)c2ccccc2Cl)C1. The quantitative estimate of drug-likeness (QED) is 0.864. The summed E-state index contributed by atoms with van der Waals surface area (Å²) < 4.78 is 0. The lowest BCUT2D eigenvalue weighted by molar-refractivity contribution is -0.121. The van der Waals surface area contributed by atoms with Gasteiger partial charge in [-0.3, -0.25) is 19.8 Å². The van der Waals surface area contributed by atoms with Crippen molar-refractivity contribution < 1.29 is 9.59 Å². The number of benzene rings is 1. The molecule has 1 aliphatic rings. The minimum absolute atomic E-state index is 0.215. The fourth-order valence-electron chi connectivity index (χ4n) is 2.33. The first-order chi connectivity index (χ1) is 9.60. The minimum Gasteiger partial charge on any atom is -0.330 e. The molecule has 20 heavy (non-hydrogen) atoms. The van der Waals surface area contributed by atoms with Crippen LogP contribution in [0, 0.1) is 5.92 Å². The van der Waals surface area contributed by atoms with Crippen LogP contribution in [0.15, 0.2) is 24.3 Å². The summed E-state index contributed by atoms with van der Waals surface area (Å²) in [6.45, 7) is 2.50. The van der Waals surface area contributed by atoms with Crippen molar-refractivity contribution in [3.8, 4) is 0 Å². The number of nitrogens with two attached hydrogens (primary N) is 1. The van der Waals surface area contributed by atoms with Crippen LogP contribution in [-0.2, 0) is 4.79 Å². The van der Waals surface area contributed by atoms with Crippen molar-refractivity contribution in [2.24, 2.45) is 11.7 Å². The van der Waals surface area contributed by atoms with E-state index in [1.54, 1.807) is 24.3 Å². The lowest BCUT2D eigenvalue weighted by Gasteiger charge is -2.14. The second kappa shape index (κ2) is 6.83. The maximum Gasteiger partial charge on any atom is 0.259 e. The number of imide groups is 1. The standard InChI is InChI=1S/C14H18ClN3O2/c15-12-4-2-1-3-11(12)14(20)17-13(19)9-18-6-5-10(7-16)8-18/h1-4,10H,5-9,16H2,(H,17,19,20). The number of amides is 2. The topological polar surface area (TPSA) is 75.4 Å². The lowest BCUT2D eigenvalue weighted by Crippen LogP contribution is -2.39. The predicted octanol–water partition coefficient (Wildman–Crippen LogP) is 0.877. The highest BCUT2D eigenvalue weighted by Crippen LogP contribution is 2.15. The molecular formula is C14H18ClN3O2. The molecule has 1 heterocycles. The van der Waals surface area contributed by atoms with E-state index in [1.807, 2.05) is 4.90 Å².